The van der Waals surface area contributed by atoms with Gasteiger partial charge in [0.15, 0.2) is 0 Å². The molecule has 6 nitrogen and oxygen atoms in total. The number of nitrogens with one attached hydrogen (secondary N) is 1. The zero-order valence-corrected chi connectivity index (χ0v) is 14.9. The van der Waals surface area contributed by atoms with E-state index in [1.54, 1.807) is 0 Å². The molecule has 1 saturated carbocycles. The molecule has 1 unspecified atom stereocenters. The Morgan fingerprint density at radius 3 is 2.81 bits per heavy atom. The number of rotatable bonds is 2. The van der Waals surface area contributed by atoms with Crippen LogP contribution >= 0.6 is 0 Å². The molecule has 2 aliphatic heterocycles. The van der Waals surface area contributed by atoms with Gasteiger partial charge in [0.1, 0.15) is 0 Å². The predicted molar refractivity (Wildman–Crippen MR) is 101 cm³/mol. The number of amides is 1. The minimum absolute atomic E-state index is 0.107. The van der Waals surface area contributed by atoms with Gasteiger partial charge in [0.2, 0.25) is 5.91 Å². The van der Waals surface area contributed by atoms with Gasteiger partial charge in [0.25, 0.3) is 0 Å². The van der Waals surface area contributed by atoms with Crippen molar-refractivity contribution in [2.75, 3.05) is 19.6 Å². The van der Waals surface area contributed by atoms with Gasteiger partial charge in [-0.1, -0.05) is 6.07 Å². The number of carbonyl (C=O) groups excluding carboxylic acids is 1. The quantitative estimate of drug-likeness (QED) is 0.868. The minimum Gasteiger partial charge on any atom is -0.785 e. The fourth-order valence-electron chi connectivity index (χ4n) is 5.26. The van der Waals surface area contributed by atoms with Crippen molar-refractivity contribution in [3.05, 3.63) is 40.7 Å². The number of nitrogens with two attached hydrogens (primary N) is 1. The zero-order chi connectivity index (χ0) is 17.9. The SMILES string of the molecule is NC(=O)c1ccc2cc3n(c2c1)C1(CCC1)CN[C@H]3C1CCCN([O-])C1. The van der Waals surface area contributed by atoms with E-state index in [0.29, 0.717) is 24.6 Å². The van der Waals surface area contributed by atoms with Gasteiger partial charge in [-0.05, 0) is 74.7 Å². The number of piperidine rings is 1. The second kappa shape index (κ2) is 5.81. The van der Waals surface area contributed by atoms with Gasteiger partial charge in [-0.3, -0.25) is 4.79 Å². The summed E-state index contributed by atoms with van der Waals surface area (Å²) in [7, 11) is 0. The summed E-state index contributed by atoms with van der Waals surface area (Å²) < 4.78 is 2.48. The van der Waals surface area contributed by atoms with Crippen molar-refractivity contribution in [1.29, 1.82) is 0 Å². The molecular formula is C20H25N4O2-. The van der Waals surface area contributed by atoms with E-state index < -0.39 is 0 Å². The lowest BCUT2D eigenvalue weighted by Crippen LogP contribution is -2.56. The van der Waals surface area contributed by atoms with E-state index in [4.69, 9.17) is 5.73 Å². The standard InChI is InChI=1S/C20H25N4O2/c21-19(25)14-5-4-13-9-17-18(15-3-1-8-23(26)11-15)22-12-20(6-2-7-20)24(17)16(13)10-14/h4-5,9-10,15,18,22H,1-3,6-8,11-12H2,(H2,21,25)/q-1/t15?,18-/m0/s1. The Morgan fingerprint density at radius 1 is 1.27 bits per heavy atom. The fourth-order valence-corrected chi connectivity index (χ4v) is 5.26. The van der Waals surface area contributed by atoms with Crippen molar-refractivity contribution < 1.29 is 4.79 Å². The van der Waals surface area contributed by atoms with Crippen LogP contribution in [0.25, 0.3) is 10.9 Å². The molecule has 1 aromatic carbocycles. The van der Waals surface area contributed by atoms with Crippen LogP contribution < -0.4 is 11.1 Å². The van der Waals surface area contributed by atoms with Crippen LogP contribution in [-0.4, -0.2) is 35.2 Å². The summed E-state index contributed by atoms with van der Waals surface area (Å²) in [5.74, 6) is -0.0535. The van der Waals surface area contributed by atoms with Crippen LogP contribution in [0.4, 0.5) is 0 Å². The monoisotopic (exact) mass is 353 g/mol. The van der Waals surface area contributed by atoms with E-state index in [2.05, 4.69) is 16.0 Å². The second-order valence-corrected chi connectivity index (χ2v) is 8.27. The molecule has 3 N–H and O–H groups in total. The van der Waals surface area contributed by atoms with E-state index in [-0.39, 0.29) is 17.5 Å². The summed E-state index contributed by atoms with van der Waals surface area (Å²) in [4.78, 5) is 11.7. The number of hydrogen-bond donors (Lipinski definition) is 2. The van der Waals surface area contributed by atoms with Crippen LogP contribution in [0.3, 0.4) is 0 Å². The van der Waals surface area contributed by atoms with Crippen molar-refractivity contribution in [3.63, 3.8) is 0 Å². The number of hydroxylamine groups is 2. The second-order valence-electron chi connectivity index (χ2n) is 8.27. The lowest BCUT2D eigenvalue weighted by Gasteiger charge is -2.52. The molecule has 1 saturated heterocycles. The molecule has 3 aliphatic rings. The van der Waals surface area contributed by atoms with Gasteiger partial charge < -0.3 is 25.9 Å². The highest BCUT2D eigenvalue weighted by molar-refractivity contribution is 5.97. The molecule has 1 spiro atoms. The Bertz CT molecular complexity index is 870. The normalized spacial score (nSPS) is 28.0. The molecule has 138 valence electrons. The first kappa shape index (κ1) is 16.3. The molecule has 2 aromatic rings. The smallest absolute Gasteiger partial charge is 0.248 e. The van der Waals surface area contributed by atoms with Crippen molar-refractivity contribution in [2.24, 2.45) is 11.7 Å². The maximum atomic E-state index is 11.9. The molecule has 1 aromatic heterocycles. The minimum atomic E-state index is -0.384. The van der Waals surface area contributed by atoms with Crippen LogP contribution in [0.1, 0.15) is 54.2 Å². The van der Waals surface area contributed by atoms with E-state index in [1.165, 1.54) is 17.2 Å². The number of carbonyl (C=O) groups is 1. The maximum Gasteiger partial charge on any atom is 0.248 e. The number of benzene rings is 1. The van der Waals surface area contributed by atoms with Crippen LogP contribution in [0.5, 0.6) is 0 Å². The predicted octanol–water partition coefficient (Wildman–Crippen LogP) is 2.47. The van der Waals surface area contributed by atoms with Crippen LogP contribution in [0, 0.1) is 11.1 Å². The van der Waals surface area contributed by atoms with Gasteiger partial charge in [-0.15, -0.1) is 0 Å². The van der Waals surface area contributed by atoms with Crippen molar-refractivity contribution in [3.8, 4) is 0 Å². The lowest BCUT2D eigenvalue weighted by molar-refractivity contribution is 0.0865. The summed E-state index contributed by atoms with van der Waals surface area (Å²) in [6.07, 6.45) is 5.59. The van der Waals surface area contributed by atoms with Crippen LogP contribution in [0.15, 0.2) is 24.3 Å². The van der Waals surface area contributed by atoms with Gasteiger partial charge in [0.05, 0.1) is 11.6 Å². The van der Waals surface area contributed by atoms with E-state index >= 15 is 0 Å². The summed E-state index contributed by atoms with van der Waals surface area (Å²) in [6.45, 7) is 2.18. The highest BCUT2D eigenvalue weighted by Crippen LogP contribution is 2.48. The third-order valence-electron chi connectivity index (χ3n) is 6.74. The third kappa shape index (κ3) is 2.32. The first-order chi connectivity index (χ1) is 12.6. The van der Waals surface area contributed by atoms with Gasteiger partial charge in [-0.2, -0.15) is 0 Å². The number of hydrogen-bond acceptors (Lipinski definition) is 4. The molecule has 5 rings (SSSR count). The molecule has 0 radical (unpaired) electrons. The molecule has 0 bridgehead atoms. The average molecular weight is 353 g/mol. The summed E-state index contributed by atoms with van der Waals surface area (Å²) in [5, 5.41) is 18.1. The summed E-state index contributed by atoms with van der Waals surface area (Å²) >= 11 is 0. The molecule has 2 fully saturated rings. The topological polar surface area (TPSA) is 86.4 Å². The van der Waals surface area contributed by atoms with Crippen molar-refractivity contribution >= 4 is 16.8 Å². The van der Waals surface area contributed by atoms with Crippen molar-refractivity contribution in [1.82, 2.24) is 14.9 Å². The molecule has 2 atom stereocenters. The maximum absolute atomic E-state index is 11.9. The number of primary amides is 1. The number of nitrogens with zero attached hydrogens (tertiary/aromatic N) is 2. The zero-order valence-electron chi connectivity index (χ0n) is 14.9. The highest BCUT2D eigenvalue weighted by atomic mass is 16.5. The largest absolute Gasteiger partial charge is 0.785 e. The molecule has 1 amide bonds. The van der Waals surface area contributed by atoms with Crippen LogP contribution in [0.2, 0.25) is 0 Å². The average Bonchev–Trinajstić information content (AvgIpc) is 2.98. The molecule has 26 heavy (non-hydrogen) atoms. The Labute approximate surface area is 152 Å². The first-order valence-corrected chi connectivity index (χ1v) is 9.69. The van der Waals surface area contributed by atoms with E-state index in [9.17, 15) is 10.0 Å². The molecular weight excluding hydrogens is 328 g/mol. The fraction of sp³-hybridized carbons (Fsp3) is 0.550. The Balaban J connectivity index is 1.65. The van der Waals surface area contributed by atoms with Crippen LogP contribution in [-0.2, 0) is 5.54 Å². The number of fused-ring (bicyclic) bond motifs is 4. The van der Waals surface area contributed by atoms with E-state index in [1.807, 2.05) is 18.2 Å². The summed E-state index contributed by atoms with van der Waals surface area (Å²) in [5.41, 5.74) is 8.57. The molecule has 3 heterocycles. The highest BCUT2D eigenvalue weighted by Gasteiger charge is 2.46. The molecule has 6 heteroatoms. The first-order valence-electron chi connectivity index (χ1n) is 9.69. The van der Waals surface area contributed by atoms with Gasteiger partial charge in [-0.25, -0.2) is 0 Å². The lowest BCUT2D eigenvalue weighted by atomic mass is 9.73. The Kier molecular flexibility index (Phi) is 3.64. The van der Waals surface area contributed by atoms with Crippen molar-refractivity contribution in [2.45, 2.75) is 43.7 Å². The third-order valence-corrected chi connectivity index (χ3v) is 6.74. The van der Waals surface area contributed by atoms with Gasteiger partial charge in [0, 0.05) is 23.3 Å². The summed E-state index contributed by atoms with van der Waals surface area (Å²) in [6, 6.07) is 8.21. The Hall–Kier alpha value is -1.89. The molecule has 1 aliphatic carbocycles. The van der Waals surface area contributed by atoms with E-state index in [0.717, 1.165) is 43.1 Å². The van der Waals surface area contributed by atoms with Gasteiger partial charge >= 0.3 is 0 Å². The number of aromatic nitrogens is 1. The Morgan fingerprint density at radius 2 is 2.12 bits per heavy atom.